The number of halogens is 1. The van der Waals surface area contributed by atoms with E-state index < -0.39 is 0 Å². The Hall–Kier alpha value is -1.23. The van der Waals surface area contributed by atoms with Crippen molar-refractivity contribution in [3.63, 3.8) is 0 Å². The van der Waals surface area contributed by atoms with Crippen LogP contribution >= 0.6 is 15.9 Å². The first-order valence-corrected chi connectivity index (χ1v) is 7.46. The fourth-order valence-corrected chi connectivity index (χ4v) is 2.23. The molecule has 0 aliphatic rings. The molecule has 5 heteroatoms. The largest absolute Gasteiger partial charge is 0.492 e. The summed E-state index contributed by atoms with van der Waals surface area (Å²) < 4.78 is 11.5. The standard InChI is InChI=1S/C15H22BrNO3/c1-6-15(3,4)17-14(18)10-8-11(16)13(19-5)12(9-10)20-7-2/h8-9H,6-7H2,1-5H3,(H,17,18). The monoisotopic (exact) mass is 343 g/mol. The molecule has 0 unspecified atom stereocenters. The fourth-order valence-electron chi connectivity index (χ4n) is 1.63. The van der Waals surface area contributed by atoms with Crippen LogP contribution in [0, 0.1) is 0 Å². The molecule has 0 radical (unpaired) electrons. The molecule has 0 spiro atoms. The zero-order chi connectivity index (χ0) is 15.3. The molecule has 1 rings (SSSR count). The summed E-state index contributed by atoms with van der Waals surface area (Å²) >= 11 is 3.41. The van der Waals surface area contributed by atoms with Crippen LogP contribution < -0.4 is 14.8 Å². The number of rotatable bonds is 6. The van der Waals surface area contributed by atoms with Gasteiger partial charge in [0.05, 0.1) is 18.2 Å². The highest BCUT2D eigenvalue weighted by atomic mass is 79.9. The van der Waals surface area contributed by atoms with E-state index in [-0.39, 0.29) is 11.4 Å². The maximum absolute atomic E-state index is 12.3. The van der Waals surface area contributed by atoms with E-state index in [0.29, 0.717) is 28.1 Å². The van der Waals surface area contributed by atoms with Crippen LogP contribution in [-0.4, -0.2) is 25.2 Å². The van der Waals surface area contributed by atoms with Gasteiger partial charge in [-0.2, -0.15) is 0 Å². The third-order valence-electron chi connectivity index (χ3n) is 3.11. The summed E-state index contributed by atoms with van der Waals surface area (Å²) in [5.41, 5.74) is 0.303. The summed E-state index contributed by atoms with van der Waals surface area (Å²) in [6.45, 7) is 8.42. The van der Waals surface area contributed by atoms with Gasteiger partial charge in [-0.1, -0.05) is 6.92 Å². The second-order valence-electron chi connectivity index (χ2n) is 5.11. The number of hydrogen-bond acceptors (Lipinski definition) is 3. The van der Waals surface area contributed by atoms with Gasteiger partial charge in [-0.15, -0.1) is 0 Å². The van der Waals surface area contributed by atoms with E-state index in [2.05, 4.69) is 21.2 Å². The molecule has 112 valence electrons. The van der Waals surface area contributed by atoms with Gasteiger partial charge in [0, 0.05) is 11.1 Å². The van der Waals surface area contributed by atoms with E-state index >= 15 is 0 Å². The van der Waals surface area contributed by atoms with Crippen LogP contribution in [0.15, 0.2) is 16.6 Å². The quantitative estimate of drug-likeness (QED) is 0.854. The van der Waals surface area contributed by atoms with Crippen molar-refractivity contribution in [3.8, 4) is 11.5 Å². The molecule has 20 heavy (non-hydrogen) atoms. The van der Waals surface area contributed by atoms with E-state index in [1.807, 2.05) is 27.7 Å². The van der Waals surface area contributed by atoms with E-state index in [1.54, 1.807) is 19.2 Å². The Bertz CT molecular complexity index is 486. The zero-order valence-electron chi connectivity index (χ0n) is 12.7. The Morgan fingerprint density at radius 1 is 1.35 bits per heavy atom. The van der Waals surface area contributed by atoms with E-state index in [1.165, 1.54) is 0 Å². The second kappa shape index (κ2) is 6.97. The predicted molar refractivity (Wildman–Crippen MR) is 83.7 cm³/mol. The van der Waals surface area contributed by atoms with Crippen molar-refractivity contribution in [2.75, 3.05) is 13.7 Å². The Morgan fingerprint density at radius 2 is 2.00 bits per heavy atom. The van der Waals surface area contributed by atoms with Crippen molar-refractivity contribution in [1.82, 2.24) is 5.32 Å². The molecular formula is C15H22BrNO3. The van der Waals surface area contributed by atoms with Crippen LogP contribution in [0.2, 0.25) is 0 Å². The van der Waals surface area contributed by atoms with Crippen LogP contribution in [0.25, 0.3) is 0 Å². The van der Waals surface area contributed by atoms with Crippen LogP contribution in [0.3, 0.4) is 0 Å². The number of nitrogens with one attached hydrogen (secondary N) is 1. The Labute approximate surface area is 129 Å². The van der Waals surface area contributed by atoms with Gasteiger partial charge in [-0.3, -0.25) is 4.79 Å². The van der Waals surface area contributed by atoms with E-state index in [0.717, 1.165) is 6.42 Å². The van der Waals surface area contributed by atoms with Gasteiger partial charge in [-0.25, -0.2) is 0 Å². The molecule has 0 aliphatic heterocycles. The molecule has 1 aromatic carbocycles. The summed E-state index contributed by atoms with van der Waals surface area (Å²) in [4.78, 5) is 12.3. The van der Waals surface area contributed by atoms with Gasteiger partial charge in [0.1, 0.15) is 0 Å². The van der Waals surface area contributed by atoms with Crippen molar-refractivity contribution in [2.45, 2.75) is 39.7 Å². The third kappa shape index (κ3) is 4.13. The molecule has 1 N–H and O–H groups in total. The van der Waals surface area contributed by atoms with Crippen LogP contribution in [0.4, 0.5) is 0 Å². The Balaban J connectivity index is 3.10. The first-order valence-electron chi connectivity index (χ1n) is 6.67. The lowest BCUT2D eigenvalue weighted by molar-refractivity contribution is 0.0910. The summed E-state index contributed by atoms with van der Waals surface area (Å²) in [5, 5.41) is 3.00. The highest BCUT2D eigenvalue weighted by Gasteiger charge is 2.21. The zero-order valence-corrected chi connectivity index (χ0v) is 14.3. The van der Waals surface area contributed by atoms with Gasteiger partial charge in [-0.05, 0) is 55.3 Å². The van der Waals surface area contributed by atoms with Gasteiger partial charge in [0.2, 0.25) is 0 Å². The maximum Gasteiger partial charge on any atom is 0.251 e. The number of benzene rings is 1. The molecule has 0 aromatic heterocycles. The maximum atomic E-state index is 12.3. The molecule has 1 aromatic rings. The highest BCUT2D eigenvalue weighted by molar-refractivity contribution is 9.10. The van der Waals surface area contributed by atoms with Crippen LogP contribution in [0.1, 0.15) is 44.5 Å². The smallest absolute Gasteiger partial charge is 0.251 e. The molecule has 0 aliphatic carbocycles. The van der Waals surface area contributed by atoms with Gasteiger partial charge >= 0.3 is 0 Å². The minimum Gasteiger partial charge on any atom is -0.492 e. The van der Waals surface area contributed by atoms with Crippen molar-refractivity contribution < 1.29 is 14.3 Å². The number of carbonyl (C=O) groups is 1. The summed E-state index contributed by atoms with van der Waals surface area (Å²) in [6, 6.07) is 3.44. The minimum absolute atomic E-state index is 0.124. The summed E-state index contributed by atoms with van der Waals surface area (Å²) in [5.74, 6) is 1.03. The summed E-state index contributed by atoms with van der Waals surface area (Å²) in [6.07, 6.45) is 0.856. The lowest BCUT2D eigenvalue weighted by Crippen LogP contribution is -2.42. The number of carbonyl (C=O) groups excluding carboxylic acids is 1. The Morgan fingerprint density at radius 3 is 2.50 bits per heavy atom. The molecule has 0 saturated heterocycles. The molecule has 0 heterocycles. The highest BCUT2D eigenvalue weighted by Crippen LogP contribution is 2.36. The molecule has 1 amide bonds. The Kier molecular flexibility index (Phi) is 5.87. The van der Waals surface area contributed by atoms with E-state index in [9.17, 15) is 4.79 Å². The average molecular weight is 344 g/mol. The normalized spacial score (nSPS) is 11.1. The molecule has 4 nitrogen and oxygen atoms in total. The lowest BCUT2D eigenvalue weighted by Gasteiger charge is -2.24. The van der Waals surface area contributed by atoms with Crippen molar-refractivity contribution >= 4 is 21.8 Å². The number of methoxy groups -OCH3 is 1. The van der Waals surface area contributed by atoms with Gasteiger partial charge in [0.25, 0.3) is 5.91 Å². The molecule has 0 atom stereocenters. The van der Waals surface area contributed by atoms with Gasteiger partial charge < -0.3 is 14.8 Å². The second-order valence-corrected chi connectivity index (χ2v) is 5.97. The van der Waals surface area contributed by atoms with Crippen LogP contribution in [0.5, 0.6) is 11.5 Å². The molecule has 0 bridgehead atoms. The SMILES string of the molecule is CCOc1cc(C(=O)NC(C)(C)CC)cc(Br)c1OC. The molecule has 0 fully saturated rings. The van der Waals surface area contributed by atoms with E-state index in [4.69, 9.17) is 9.47 Å². The number of ether oxygens (including phenoxy) is 2. The number of amides is 1. The average Bonchev–Trinajstić information content (AvgIpc) is 2.38. The first-order chi connectivity index (χ1) is 9.34. The molecule has 0 saturated carbocycles. The summed E-state index contributed by atoms with van der Waals surface area (Å²) in [7, 11) is 1.57. The fraction of sp³-hybridized carbons (Fsp3) is 0.533. The molecular weight excluding hydrogens is 322 g/mol. The predicted octanol–water partition coefficient (Wildman–Crippen LogP) is 3.77. The topological polar surface area (TPSA) is 47.6 Å². The van der Waals surface area contributed by atoms with Crippen LogP contribution in [-0.2, 0) is 0 Å². The lowest BCUT2D eigenvalue weighted by atomic mass is 10.0. The van der Waals surface area contributed by atoms with Gasteiger partial charge in [0.15, 0.2) is 11.5 Å². The number of hydrogen-bond donors (Lipinski definition) is 1. The third-order valence-corrected chi connectivity index (χ3v) is 3.70. The minimum atomic E-state index is -0.241. The van der Waals surface area contributed by atoms with Crippen molar-refractivity contribution in [2.24, 2.45) is 0 Å². The van der Waals surface area contributed by atoms with Crippen molar-refractivity contribution in [3.05, 3.63) is 22.2 Å². The first kappa shape index (κ1) is 16.8. The van der Waals surface area contributed by atoms with Crippen molar-refractivity contribution in [1.29, 1.82) is 0 Å².